The summed E-state index contributed by atoms with van der Waals surface area (Å²) in [5.74, 6) is -1.13. The van der Waals surface area contributed by atoms with Crippen molar-refractivity contribution in [3.05, 3.63) is 41.3 Å². The molecule has 0 saturated carbocycles. The number of ether oxygens (including phenoxy) is 1. The molecule has 0 bridgehead atoms. The van der Waals surface area contributed by atoms with Crippen molar-refractivity contribution in [2.75, 3.05) is 42.3 Å². The monoisotopic (exact) mass is 417 g/mol. The van der Waals surface area contributed by atoms with Crippen LogP contribution in [0.5, 0.6) is 0 Å². The van der Waals surface area contributed by atoms with E-state index in [1.165, 1.54) is 0 Å². The zero-order chi connectivity index (χ0) is 21.4. The van der Waals surface area contributed by atoms with Gasteiger partial charge in [-0.3, -0.25) is 5.32 Å². The van der Waals surface area contributed by atoms with Gasteiger partial charge in [0.2, 0.25) is 5.95 Å². The number of aliphatic hydroxyl groups is 1. The van der Waals surface area contributed by atoms with E-state index < -0.39 is 23.6 Å². The lowest BCUT2D eigenvalue weighted by Gasteiger charge is -2.12. The number of rotatable bonds is 8. The third-order valence-electron chi connectivity index (χ3n) is 3.40. The fourth-order valence-corrected chi connectivity index (χ4v) is 2.22. The predicted molar refractivity (Wildman–Crippen MR) is 97.2 cm³/mol. The molecule has 4 N–H and O–H groups in total. The molecule has 12 heteroatoms. The number of carbonyl (C=O) groups is 1. The van der Waals surface area contributed by atoms with Crippen LogP contribution in [0.4, 0.5) is 39.8 Å². The fourth-order valence-electron chi connectivity index (χ4n) is 2.22. The Morgan fingerprint density at radius 3 is 2.62 bits per heavy atom. The molecular weight excluding hydrogens is 398 g/mol. The standard InChI is InChI=1S/C17H19F4N5O3/c1-10-8-14(22-4-6-29-7-5-27)25-15(23-10)26-16(28)24-11-2-3-13(18)12(9-11)17(19,20)21/h2-3,8-9,27H,4-7H2,1H3,(H3,22,23,24,25,26,28). The molecule has 0 spiro atoms. The number of nitrogens with zero attached hydrogens (tertiary/aromatic N) is 2. The molecule has 2 rings (SSSR count). The lowest BCUT2D eigenvalue weighted by atomic mass is 10.2. The quantitative estimate of drug-likeness (QED) is 0.389. The van der Waals surface area contributed by atoms with Gasteiger partial charge < -0.3 is 20.5 Å². The van der Waals surface area contributed by atoms with Crippen molar-refractivity contribution in [1.82, 2.24) is 9.97 Å². The van der Waals surface area contributed by atoms with Crippen LogP contribution in [0.2, 0.25) is 0 Å². The largest absolute Gasteiger partial charge is 0.419 e. The molecule has 8 nitrogen and oxygen atoms in total. The van der Waals surface area contributed by atoms with Crippen molar-refractivity contribution in [1.29, 1.82) is 0 Å². The number of alkyl halides is 3. The van der Waals surface area contributed by atoms with E-state index in [0.29, 0.717) is 36.8 Å². The molecular formula is C17H19F4N5O3. The molecule has 1 heterocycles. The second-order valence-electron chi connectivity index (χ2n) is 5.75. The number of nitrogens with one attached hydrogen (secondary N) is 3. The highest BCUT2D eigenvalue weighted by Gasteiger charge is 2.34. The van der Waals surface area contributed by atoms with Gasteiger partial charge in [0.1, 0.15) is 11.6 Å². The molecule has 1 aromatic carbocycles. The molecule has 2 aromatic rings. The minimum Gasteiger partial charge on any atom is -0.394 e. The summed E-state index contributed by atoms with van der Waals surface area (Å²) in [6, 6.07) is 2.83. The van der Waals surface area contributed by atoms with Gasteiger partial charge >= 0.3 is 12.2 Å². The zero-order valence-corrected chi connectivity index (χ0v) is 15.3. The zero-order valence-electron chi connectivity index (χ0n) is 15.3. The number of benzene rings is 1. The van der Waals surface area contributed by atoms with Gasteiger partial charge in [-0.05, 0) is 25.1 Å². The minimum absolute atomic E-state index is 0.0839. The van der Waals surface area contributed by atoms with Crippen LogP contribution in [0, 0.1) is 12.7 Å². The fraction of sp³-hybridized carbons (Fsp3) is 0.353. The van der Waals surface area contributed by atoms with E-state index in [4.69, 9.17) is 9.84 Å². The molecule has 29 heavy (non-hydrogen) atoms. The van der Waals surface area contributed by atoms with Crippen molar-refractivity contribution in [2.45, 2.75) is 13.1 Å². The maximum absolute atomic E-state index is 13.3. The first-order chi connectivity index (χ1) is 13.7. The van der Waals surface area contributed by atoms with Crippen LogP contribution < -0.4 is 16.0 Å². The Balaban J connectivity index is 2.00. The number of carbonyl (C=O) groups excluding carboxylic acids is 1. The van der Waals surface area contributed by atoms with Gasteiger partial charge in [-0.25, -0.2) is 14.2 Å². The number of aromatic nitrogens is 2. The Labute approximate surface area is 163 Å². The number of halogens is 4. The van der Waals surface area contributed by atoms with Gasteiger partial charge in [0.15, 0.2) is 0 Å². The summed E-state index contributed by atoms with van der Waals surface area (Å²) < 4.78 is 56.7. The summed E-state index contributed by atoms with van der Waals surface area (Å²) in [5, 5.41) is 16.0. The van der Waals surface area contributed by atoms with Crippen molar-refractivity contribution >= 4 is 23.5 Å². The van der Waals surface area contributed by atoms with Gasteiger partial charge in [0.05, 0.1) is 25.4 Å². The third-order valence-corrected chi connectivity index (χ3v) is 3.40. The van der Waals surface area contributed by atoms with Crippen LogP contribution in [0.3, 0.4) is 0 Å². The van der Waals surface area contributed by atoms with Crippen LogP contribution >= 0.6 is 0 Å². The van der Waals surface area contributed by atoms with Gasteiger partial charge in [-0.15, -0.1) is 0 Å². The number of urea groups is 1. The smallest absolute Gasteiger partial charge is 0.394 e. The highest BCUT2D eigenvalue weighted by Crippen LogP contribution is 2.33. The van der Waals surface area contributed by atoms with E-state index in [1.807, 2.05) is 0 Å². The number of aryl methyl sites for hydroxylation is 1. The van der Waals surface area contributed by atoms with Gasteiger partial charge in [-0.1, -0.05) is 0 Å². The summed E-state index contributed by atoms with van der Waals surface area (Å²) in [7, 11) is 0. The van der Waals surface area contributed by atoms with Crippen LogP contribution in [0.25, 0.3) is 0 Å². The van der Waals surface area contributed by atoms with Crippen LogP contribution in [-0.2, 0) is 10.9 Å². The van der Waals surface area contributed by atoms with Gasteiger partial charge in [0.25, 0.3) is 0 Å². The van der Waals surface area contributed by atoms with Gasteiger partial charge in [-0.2, -0.15) is 18.2 Å². The second-order valence-corrected chi connectivity index (χ2v) is 5.75. The molecule has 0 aliphatic rings. The molecule has 0 aliphatic carbocycles. The molecule has 0 radical (unpaired) electrons. The maximum atomic E-state index is 13.3. The third kappa shape index (κ3) is 7.16. The maximum Gasteiger partial charge on any atom is 0.419 e. The summed E-state index contributed by atoms with van der Waals surface area (Å²) in [4.78, 5) is 20.1. The van der Waals surface area contributed by atoms with Gasteiger partial charge in [0, 0.05) is 24.0 Å². The van der Waals surface area contributed by atoms with E-state index in [0.717, 1.165) is 6.07 Å². The molecule has 0 unspecified atom stereocenters. The summed E-state index contributed by atoms with van der Waals surface area (Å²) in [6.45, 7) is 2.48. The number of amides is 2. The Hall–Kier alpha value is -2.99. The minimum atomic E-state index is -4.89. The van der Waals surface area contributed by atoms with Crippen molar-refractivity contribution in [3.8, 4) is 0 Å². The van der Waals surface area contributed by atoms with Crippen LogP contribution in [0.1, 0.15) is 11.3 Å². The molecule has 2 amide bonds. The highest BCUT2D eigenvalue weighted by atomic mass is 19.4. The van der Waals surface area contributed by atoms with E-state index in [9.17, 15) is 22.4 Å². The molecule has 0 atom stereocenters. The number of aliphatic hydroxyl groups excluding tert-OH is 1. The first-order valence-corrected chi connectivity index (χ1v) is 8.42. The molecule has 0 aliphatic heterocycles. The molecule has 158 valence electrons. The summed E-state index contributed by atoms with van der Waals surface area (Å²) in [5.41, 5.74) is -1.21. The molecule has 1 aromatic heterocycles. The Morgan fingerprint density at radius 1 is 1.17 bits per heavy atom. The van der Waals surface area contributed by atoms with E-state index >= 15 is 0 Å². The summed E-state index contributed by atoms with van der Waals surface area (Å²) >= 11 is 0. The van der Waals surface area contributed by atoms with Crippen LogP contribution in [0.15, 0.2) is 24.3 Å². The van der Waals surface area contributed by atoms with Crippen molar-refractivity contribution in [2.24, 2.45) is 0 Å². The Morgan fingerprint density at radius 2 is 1.93 bits per heavy atom. The lowest BCUT2D eigenvalue weighted by Crippen LogP contribution is -2.22. The highest BCUT2D eigenvalue weighted by molar-refractivity contribution is 5.98. The summed E-state index contributed by atoms with van der Waals surface area (Å²) in [6.07, 6.45) is -4.89. The van der Waals surface area contributed by atoms with E-state index in [2.05, 4.69) is 25.9 Å². The number of hydrogen-bond acceptors (Lipinski definition) is 6. The average Bonchev–Trinajstić information content (AvgIpc) is 2.61. The topological polar surface area (TPSA) is 108 Å². The van der Waals surface area contributed by atoms with Crippen LogP contribution in [-0.4, -0.2) is 47.5 Å². The first-order valence-electron chi connectivity index (χ1n) is 8.42. The predicted octanol–water partition coefficient (Wildman–Crippen LogP) is 3.01. The molecule has 0 saturated heterocycles. The van der Waals surface area contributed by atoms with E-state index in [1.54, 1.807) is 13.0 Å². The van der Waals surface area contributed by atoms with Crippen molar-refractivity contribution in [3.63, 3.8) is 0 Å². The van der Waals surface area contributed by atoms with E-state index in [-0.39, 0.29) is 24.8 Å². The molecule has 0 fully saturated rings. The second kappa shape index (κ2) is 9.98. The Bertz CT molecular complexity index is 848. The number of hydrogen-bond donors (Lipinski definition) is 4. The first kappa shape index (κ1) is 22.3. The lowest BCUT2D eigenvalue weighted by molar-refractivity contribution is -0.139. The normalized spacial score (nSPS) is 11.2. The van der Waals surface area contributed by atoms with Crippen molar-refractivity contribution < 1.29 is 32.2 Å². The number of anilines is 3. The SMILES string of the molecule is Cc1cc(NCCOCCO)nc(NC(=O)Nc2ccc(F)c(C(F)(F)F)c2)n1. The average molecular weight is 417 g/mol. The Kier molecular flexibility index (Phi) is 7.67.